The number of aromatic amines is 1. The molecular weight excluding hydrogens is 426 g/mol. The molecule has 2 heterocycles. The lowest BCUT2D eigenvalue weighted by atomic mass is 10.0. The van der Waals surface area contributed by atoms with E-state index in [1.165, 1.54) is 56.6 Å². The molecule has 2 aromatic rings. The zero-order chi connectivity index (χ0) is 27.1. The summed E-state index contributed by atoms with van der Waals surface area (Å²) in [5, 5.41) is 3.05. The van der Waals surface area contributed by atoms with Gasteiger partial charge in [0.15, 0.2) is 11.2 Å². The summed E-state index contributed by atoms with van der Waals surface area (Å²) in [6.45, 7) is 22.3. The first-order chi connectivity index (χ1) is 16.2. The Kier molecular flexibility index (Phi) is 25.9. The number of imidazole rings is 1. The van der Waals surface area contributed by atoms with Crippen molar-refractivity contribution in [1.82, 2.24) is 19.1 Å². The average molecular weight is 484 g/mol. The second kappa shape index (κ2) is 24.1. The quantitative estimate of drug-likeness (QED) is 0.414. The van der Waals surface area contributed by atoms with Crippen LogP contribution < -0.4 is 16.6 Å². The summed E-state index contributed by atoms with van der Waals surface area (Å²) in [4.78, 5) is 30.6. The molecule has 1 unspecified atom stereocenters. The minimum Gasteiger partial charge on any atom is -0.356 e. The Labute approximate surface area is 209 Å². The van der Waals surface area contributed by atoms with Gasteiger partial charge in [-0.3, -0.25) is 13.9 Å². The lowest BCUT2D eigenvalue weighted by molar-refractivity contribution is 0.509. The van der Waals surface area contributed by atoms with Crippen molar-refractivity contribution in [3.8, 4) is 0 Å². The summed E-state index contributed by atoms with van der Waals surface area (Å²) in [6, 6.07) is 0. The van der Waals surface area contributed by atoms with Crippen molar-refractivity contribution in [2.75, 3.05) is 11.9 Å². The lowest BCUT2D eigenvalue weighted by Crippen LogP contribution is -2.36. The van der Waals surface area contributed by atoms with Gasteiger partial charge in [-0.2, -0.15) is 4.98 Å². The van der Waals surface area contributed by atoms with Crippen molar-refractivity contribution < 1.29 is 0 Å². The van der Waals surface area contributed by atoms with Gasteiger partial charge in [0, 0.05) is 20.6 Å². The molecule has 0 aromatic carbocycles. The molecule has 1 atom stereocenters. The fourth-order valence-electron chi connectivity index (χ4n) is 2.35. The first-order valence-corrected chi connectivity index (χ1v) is 13.6. The molecule has 0 spiro atoms. The first kappa shape index (κ1) is 36.5. The van der Waals surface area contributed by atoms with Gasteiger partial charge in [-0.05, 0) is 12.3 Å². The highest BCUT2D eigenvalue weighted by atomic mass is 16.2. The molecule has 0 amide bonds. The predicted octanol–water partition coefficient (Wildman–Crippen LogP) is 7.25. The maximum atomic E-state index is 11.8. The monoisotopic (exact) mass is 483 g/mol. The van der Waals surface area contributed by atoms with Gasteiger partial charge in [-0.25, -0.2) is 4.79 Å². The molecule has 7 nitrogen and oxygen atoms in total. The van der Waals surface area contributed by atoms with E-state index in [9.17, 15) is 9.59 Å². The summed E-state index contributed by atoms with van der Waals surface area (Å²) >= 11 is 0. The van der Waals surface area contributed by atoms with Crippen LogP contribution in [0.4, 0.5) is 5.95 Å². The van der Waals surface area contributed by atoms with Crippen LogP contribution >= 0.6 is 0 Å². The summed E-state index contributed by atoms with van der Waals surface area (Å²) in [6.07, 6.45) is 10.3. The minimum atomic E-state index is -0.379. The van der Waals surface area contributed by atoms with Gasteiger partial charge in [0.25, 0.3) is 5.56 Å². The molecule has 0 aliphatic rings. The molecule has 0 aliphatic carbocycles. The lowest BCUT2D eigenvalue weighted by Gasteiger charge is -2.02. The summed E-state index contributed by atoms with van der Waals surface area (Å²) < 4.78 is 2.41. The zero-order valence-electron chi connectivity index (χ0n) is 24.6. The van der Waals surface area contributed by atoms with Crippen LogP contribution in [0, 0.1) is 5.92 Å². The van der Waals surface area contributed by atoms with Crippen LogP contribution in [0.2, 0.25) is 0 Å². The predicted molar refractivity (Wildman–Crippen MR) is 152 cm³/mol. The molecule has 7 heteroatoms. The Bertz CT molecular complexity index is 813. The largest absolute Gasteiger partial charge is 0.356 e. The van der Waals surface area contributed by atoms with Crippen LogP contribution in [0.25, 0.3) is 11.2 Å². The number of aromatic nitrogens is 4. The van der Waals surface area contributed by atoms with Crippen LogP contribution in [0.1, 0.15) is 121 Å². The van der Waals surface area contributed by atoms with Crippen molar-refractivity contribution >= 4 is 17.1 Å². The number of H-pyrrole nitrogens is 1. The molecule has 0 fully saturated rings. The molecule has 2 N–H and O–H groups in total. The van der Waals surface area contributed by atoms with Crippen LogP contribution in [0.5, 0.6) is 0 Å². The third kappa shape index (κ3) is 15.0. The number of aryl methyl sites for hydroxylation is 1. The summed E-state index contributed by atoms with van der Waals surface area (Å²) in [5.74, 6) is 1.46. The van der Waals surface area contributed by atoms with Gasteiger partial charge in [0.05, 0.1) is 0 Å². The number of nitrogens with zero attached hydrogens (tertiary/aromatic N) is 3. The van der Waals surface area contributed by atoms with Gasteiger partial charge in [-0.15, -0.1) is 0 Å². The molecule has 0 bridgehead atoms. The minimum absolute atomic E-state index is 0.341. The third-order valence-corrected chi connectivity index (χ3v) is 5.12. The zero-order valence-corrected chi connectivity index (χ0v) is 24.6. The third-order valence-electron chi connectivity index (χ3n) is 5.12. The molecule has 2 aromatic heterocycles. The molecular formula is C27H57N5O2. The van der Waals surface area contributed by atoms with Crippen LogP contribution in [-0.2, 0) is 14.1 Å². The average Bonchev–Trinajstić information content (AvgIpc) is 3.31. The van der Waals surface area contributed by atoms with Gasteiger partial charge in [0.2, 0.25) is 5.95 Å². The number of unbranched alkanes of at least 4 members (excludes halogenated alkanes) is 2. The van der Waals surface area contributed by atoms with Crippen LogP contribution in [0.15, 0.2) is 9.59 Å². The highest BCUT2D eigenvalue weighted by molar-refractivity contribution is 5.72. The summed E-state index contributed by atoms with van der Waals surface area (Å²) in [7, 11) is 3.04. The van der Waals surface area contributed by atoms with E-state index in [-0.39, 0.29) is 11.2 Å². The van der Waals surface area contributed by atoms with E-state index in [1.54, 1.807) is 7.05 Å². The fraction of sp³-hybridized carbons (Fsp3) is 0.815. The number of hydrogen-bond acceptors (Lipinski definition) is 4. The SMILES string of the molecule is CC.CCCC.CCCC.CCCC(C)CC.CCCNc1nc2c([nH]1)c(=O)n(C)c(=O)n2C. The van der Waals surface area contributed by atoms with E-state index >= 15 is 0 Å². The first-order valence-electron chi connectivity index (χ1n) is 13.6. The second-order valence-corrected chi connectivity index (χ2v) is 8.22. The van der Waals surface area contributed by atoms with Crippen molar-refractivity contribution in [2.24, 2.45) is 20.0 Å². The van der Waals surface area contributed by atoms with Crippen molar-refractivity contribution in [2.45, 2.75) is 121 Å². The number of anilines is 1. The van der Waals surface area contributed by atoms with E-state index in [4.69, 9.17) is 0 Å². The van der Waals surface area contributed by atoms with E-state index in [1.807, 2.05) is 20.8 Å². The Morgan fingerprint density at radius 3 is 1.68 bits per heavy atom. The van der Waals surface area contributed by atoms with Gasteiger partial charge in [0.1, 0.15) is 0 Å². The molecule has 2 rings (SSSR count). The smallest absolute Gasteiger partial charge is 0.332 e. The van der Waals surface area contributed by atoms with E-state index in [2.05, 4.69) is 63.8 Å². The number of hydrogen-bond donors (Lipinski definition) is 2. The van der Waals surface area contributed by atoms with Crippen molar-refractivity contribution in [1.29, 1.82) is 0 Å². The Morgan fingerprint density at radius 2 is 1.32 bits per heavy atom. The van der Waals surface area contributed by atoms with E-state index in [0.29, 0.717) is 17.1 Å². The number of rotatable bonds is 8. The maximum Gasteiger partial charge on any atom is 0.332 e. The standard InChI is InChI=1S/C10H15N5O2.C7H16.2C4H10.C2H6/c1-4-5-11-9-12-6-7(13-9)14(2)10(17)15(3)8(6)16;1-4-6-7(3)5-2;2*1-3-4-2;1-2/h4-5H2,1-3H3,(H2,11,12,13);7H,4-6H2,1-3H3;2*3-4H2,1-2H3;1-2H3. The maximum absolute atomic E-state index is 11.8. The molecule has 202 valence electrons. The molecule has 0 saturated carbocycles. The fourth-order valence-corrected chi connectivity index (χ4v) is 2.35. The Hall–Kier alpha value is -2.05. The highest BCUT2D eigenvalue weighted by Gasteiger charge is 2.12. The van der Waals surface area contributed by atoms with Gasteiger partial charge < -0.3 is 10.3 Å². The number of nitrogens with one attached hydrogen (secondary N) is 2. The van der Waals surface area contributed by atoms with Crippen LogP contribution in [-0.4, -0.2) is 25.6 Å². The van der Waals surface area contributed by atoms with Crippen LogP contribution in [0.3, 0.4) is 0 Å². The molecule has 34 heavy (non-hydrogen) atoms. The Balaban J connectivity index is -0.000000469. The van der Waals surface area contributed by atoms with E-state index < -0.39 is 0 Å². The van der Waals surface area contributed by atoms with Gasteiger partial charge in [-0.1, -0.05) is 114 Å². The van der Waals surface area contributed by atoms with Crippen molar-refractivity contribution in [3.05, 3.63) is 20.8 Å². The van der Waals surface area contributed by atoms with Gasteiger partial charge >= 0.3 is 5.69 Å². The number of fused-ring (bicyclic) bond motifs is 1. The second-order valence-electron chi connectivity index (χ2n) is 8.22. The van der Waals surface area contributed by atoms with Crippen molar-refractivity contribution in [3.63, 3.8) is 0 Å². The van der Waals surface area contributed by atoms with E-state index in [0.717, 1.165) is 23.5 Å². The molecule has 0 radical (unpaired) electrons. The molecule has 0 saturated heterocycles. The topological polar surface area (TPSA) is 84.7 Å². The highest BCUT2D eigenvalue weighted by Crippen LogP contribution is 2.08. The molecule has 0 aliphatic heterocycles. The normalized spacial score (nSPS) is 10.4. The summed E-state index contributed by atoms with van der Waals surface area (Å²) in [5.41, 5.74) is -0.0268. The Morgan fingerprint density at radius 1 is 0.824 bits per heavy atom.